The van der Waals surface area contributed by atoms with Crippen LogP contribution < -0.4 is 5.32 Å². The zero-order chi connectivity index (χ0) is 15.6. The molecule has 2 N–H and O–H groups in total. The molecule has 1 saturated heterocycles. The first kappa shape index (κ1) is 15.3. The average molecular weight is 291 g/mol. The zero-order valence-electron chi connectivity index (χ0n) is 12.6. The highest BCUT2D eigenvalue weighted by molar-refractivity contribution is 5.93. The van der Waals surface area contributed by atoms with Crippen molar-refractivity contribution in [2.75, 3.05) is 32.0 Å². The van der Waals surface area contributed by atoms with Crippen LogP contribution in [0.4, 0.5) is 10.5 Å². The summed E-state index contributed by atoms with van der Waals surface area (Å²) in [5, 5.41) is 11.7. The Hall–Kier alpha value is -2.08. The maximum atomic E-state index is 12.3. The molecule has 2 rings (SSSR count). The van der Waals surface area contributed by atoms with Crippen LogP contribution in [0.1, 0.15) is 24.2 Å². The van der Waals surface area contributed by atoms with Gasteiger partial charge in [0.25, 0.3) is 0 Å². The second kappa shape index (κ2) is 5.73. The van der Waals surface area contributed by atoms with Crippen LogP contribution in [0, 0.1) is 0 Å². The van der Waals surface area contributed by atoms with Gasteiger partial charge in [-0.2, -0.15) is 0 Å². The number of amides is 2. The van der Waals surface area contributed by atoms with Crippen LogP contribution in [-0.2, 0) is 0 Å². The lowest BCUT2D eigenvalue weighted by molar-refractivity contribution is 0.0608. The fraction of sp³-hybridized carbons (Fsp3) is 0.467. The van der Waals surface area contributed by atoms with Crippen molar-refractivity contribution >= 4 is 17.7 Å². The van der Waals surface area contributed by atoms with Gasteiger partial charge >= 0.3 is 12.0 Å². The number of nitrogens with zero attached hydrogens (tertiary/aromatic N) is 2. The number of piperazine rings is 1. The van der Waals surface area contributed by atoms with Crippen LogP contribution >= 0.6 is 0 Å². The first-order valence-corrected chi connectivity index (χ1v) is 6.90. The summed E-state index contributed by atoms with van der Waals surface area (Å²) >= 11 is 0. The molecule has 6 nitrogen and oxygen atoms in total. The van der Waals surface area contributed by atoms with Crippen LogP contribution in [0.3, 0.4) is 0 Å². The number of carbonyl (C=O) groups is 2. The molecule has 1 aromatic rings. The maximum absolute atomic E-state index is 12.3. The number of rotatable bonds is 2. The third-order valence-electron chi connectivity index (χ3n) is 3.96. The van der Waals surface area contributed by atoms with E-state index in [-0.39, 0.29) is 17.1 Å². The number of nitrogens with one attached hydrogen (secondary N) is 1. The van der Waals surface area contributed by atoms with E-state index in [0.717, 1.165) is 6.54 Å². The van der Waals surface area contributed by atoms with Gasteiger partial charge in [0, 0.05) is 30.9 Å². The average Bonchev–Trinajstić information content (AvgIpc) is 2.42. The highest BCUT2D eigenvalue weighted by Gasteiger charge is 2.33. The van der Waals surface area contributed by atoms with Gasteiger partial charge in [-0.05, 0) is 39.1 Å². The number of carbonyl (C=O) groups excluding carboxylic acids is 1. The number of hydrogen-bond acceptors (Lipinski definition) is 3. The van der Waals surface area contributed by atoms with E-state index < -0.39 is 5.97 Å². The number of hydrogen-bond donors (Lipinski definition) is 2. The monoisotopic (exact) mass is 291 g/mol. The Bertz CT molecular complexity index is 557. The number of carboxylic acids is 1. The van der Waals surface area contributed by atoms with Gasteiger partial charge in [-0.15, -0.1) is 0 Å². The number of likely N-dealkylation sites (N-methyl/N-ethyl adjacent to an activating group) is 1. The normalized spacial score (nSPS) is 18.3. The predicted octanol–water partition coefficient (Wildman–Crippen LogP) is 1.94. The van der Waals surface area contributed by atoms with E-state index in [1.54, 1.807) is 17.0 Å². The minimum Gasteiger partial charge on any atom is -0.478 e. The smallest absolute Gasteiger partial charge is 0.335 e. The van der Waals surface area contributed by atoms with Crippen LogP contribution in [0.5, 0.6) is 0 Å². The van der Waals surface area contributed by atoms with Gasteiger partial charge in [-0.3, -0.25) is 4.90 Å². The van der Waals surface area contributed by atoms with E-state index in [2.05, 4.69) is 24.1 Å². The predicted molar refractivity (Wildman–Crippen MR) is 80.7 cm³/mol. The lowest BCUT2D eigenvalue weighted by Gasteiger charge is -2.45. The summed E-state index contributed by atoms with van der Waals surface area (Å²) in [5.74, 6) is -1.01. The van der Waals surface area contributed by atoms with Crippen molar-refractivity contribution in [3.05, 3.63) is 29.8 Å². The van der Waals surface area contributed by atoms with E-state index in [4.69, 9.17) is 5.11 Å². The van der Waals surface area contributed by atoms with E-state index in [1.807, 2.05) is 7.05 Å². The van der Waals surface area contributed by atoms with Crippen molar-refractivity contribution < 1.29 is 14.7 Å². The van der Waals surface area contributed by atoms with Gasteiger partial charge in [0.05, 0.1) is 5.56 Å². The summed E-state index contributed by atoms with van der Waals surface area (Å²) in [5.41, 5.74) is 0.585. The molecule has 1 heterocycles. The molecule has 0 saturated carbocycles. The molecule has 1 aliphatic rings. The summed E-state index contributed by atoms with van der Waals surface area (Å²) in [6, 6.07) is 6.07. The van der Waals surface area contributed by atoms with Crippen molar-refractivity contribution in [2.24, 2.45) is 0 Å². The largest absolute Gasteiger partial charge is 0.478 e. The van der Waals surface area contributed by atoms with Crippen molar-refractivity contribution in [3.8, 4) is 0 Å². The third-order valence-corrected chi connectivity index (χ3v) is 3.96. The molecule has 6 heteroatoms. The molecule has 0 spiro atoms. The van der Waals surface area contributed by atoms with Gasteiger partial charge in [-0.1, -0.05) is 6.07 Å². The molecule has 0 bridgehead atoms. The molecule has 1 fully saturated rings. The van der Waals surface area contributed by atoms with Crippen molar-refractivity contribution in [2.45, 2.75) is 19.4 Å². The summed E-state index contributed by atoms with van der Waals surface area (Å²) in [4.78, 5) is 27.2. The Kier molecular flexibility index (Phi) is 4.18. The second-order valence-electron chi connectivity index (χ2n) is 5.97. The summed E-state index contributed by atoms with van der Waals surface area (Å²) in [7, 11) is 2.05. The molecular weight excluding hydrogens is 270 g/mol. The minimum absolute atomic E-state index is 0.0709. The Morgan fingerprint density at radius 1 is 1.29 bits per heavy atom. The number of urea groups is 1. The van der Waals surface area contributed by atoms with Crippen LogP contribution in [0.25, 0.3) is 0 Å². The number of benzene rings is 1. The van der Waals surface area contributed by atoms with E-state index >= 15 is 0 Å². The van der Waals surface area contributed by atoms with Crippen LogP contribution in [-0.4, -0.2) is 59.1 Å². The maximum Gasteiger partial charge on any atom is 0.335 e. The second-order valence-corrected chi connectivity index (χ2v) is 5.97. The summed E-state index contributed by atoms with van der Waals surface area (Å²) in [6.07, 6.45) is 0. The highest BCUT2D eigenvalue weighted by Crippen LogP contribution is 2.20. The van der Waals surface area contributed by atoms with Gasteiger partial charge < -0.3 is 15.3 Å². The van der Waals surface area contributed by atoms with Crippen molar-refractivity contribution in [3.63, 3.8) is 0 Å². The third kappa shape index (κ3) is 3.52. The van der Waals surface area contributed by atoms with E-state index in [0.29, 0.717) is 18.8 Å². The fourth-order valence-corrected chi connectivity index (χ4v) is 2.35. The highest BCUT2D eigenvalue weighted by atomic mass is 16.4. The van der Waals surface area contributed by atoms with Gasteiger partial charge in [0.2, 0.25) is 0 Å². The Balaban J connectivity index is 2.05. The number of carboxylic acid groups (broad SMARTS) is 1. The molecule has 1 aliphatic heterocycles. The van der Waals surface area contributed by atoms with E-state index in [9.17, 15) is 9.59 Å². The SMILES string of the molecule is CN1CCN(C(=O)Nc2cccc(C(=O)O)c2)CC1(C)C. The molecule has 0 atom stereocenters. The van der Waals surface area contributed by atoms with Crippen molar-refractivity contribution in [1.82, 2.24) is 9.80 Å². The molecule has 0 aliphatic carbocycles. The molecule has 0 radical (unpaired) electrons. The van der Waals surface area contributed by atoms with Gasteiger partial charge in [0.1, 0.15) is 0 Å². The first-order valence-electron chi connectivity index (χ1n) is 6.90. The molecular formula is C15H21N3O3. The van der Waals surface area contributed by atoms with Gasteiger partial charge in [0.15, 0.2) is 0 Å². The Morgan fingerprint density at radius 3 is 2.62 bits per heavy atom. The number of aromatic carboxylic acids is 1. The van der Waals surface area contributed by atoms with Crippen LogP contribution in [0.2, 0.25) is 0 Å². The molecule has 21 heavy (non-hydrogen) atoms. The lowest BCUT2D eigenvalue weighted by Crippen LogP contribution is -2.59. The van der Waals surface area contributed by atoms with Crippen LogP contribution in [0.15, 0.2) is 24.3 Å². The molecule has 1 aromatic carbocycles. The Labute approximate surface area is 124 Å². The molecule has 2 amide bonds. The zero-order valence-corrected chi connectivity index (χ0v) is 12.6. The topological polar surface area (TPSA) is 72.9 Å². The van der Waals surface area contributed by atoms with E-state index in [1.165, 1.54) is 12.1 Å². The lowest BCUT2D eigenvalue weighted by atomic mass is 10.00. The van der Waals surface area contributed by atoms with Gasteiger partial charge in [-0.25, -0.2) is 9.59 Å². The molecule has 114 valence electrons. The summed E-state index contributed by atoms with van der Waals surface area (Å²) < 4.78 is 0. The summed E-state index contributed by atoms with van der Waals surface area (Å²) in [6.45, 7) is 6.29. The fourth-order valence-electron chi connectivity index (χ4n) is 2.35. The number of anilines is 1. The first-order chi connectivity index (χ1) is 9.79. The molecule has 0 aromatic heterocycles. The minimum atomic E-state index is -1.01. The standard InChI is InChI=1S/C15H21N3O3/c1-15(2)10-18(8-7-17(15)3)14(21)16-12-6-4-5-11(9-12)13(19)20/h4-6,9H,7-8,10H2,1-3H3,(H,16,21)(H,19,20). The van der Waals surface area contributed by atoms with Crippen molar-refractivity contribution in [1.29, 1.82) is 0 Å². The Morgan fingerprint density at radius 2 is 2.00 bits per heavy atom. The molecule has 0 unspecified atom stereocenters. The quantitative estimate of drug-likeness (QED) is 0.873.